The van der Waals surface area contributed by atoms with E-state index >= 15 is 0 Å². The van der Waals surface area contributed by atoms with Crippen LogP contribution in [0.3, 0.4) is 0 Å². The highest BCUT2D eigenvalue weighted by molar-refractivity contribution is 7.85. The maximum atomic E-state index is 10.3. The first kappa shape index (κ1) is 10.9. The second kappa shape index (κ2) is 3.89. The summed E-state index contributed by atoms with van der Waals surface area (Å²) in [7, 11) is -4.27. The average Bonchev–Trinajstić information content (AvgIpc) is 1.97. The van der Waals surface area contributed by atoms with E-state index in [4.69, 9.17) is 0 Å². The van der Waals surface area contributed by atoms with Crippen molar-refractivity contribution in [2.75, 3.05) is 11.2 Å². The minimum absolute atomic E-state index is 0.342. The molecule has 0 aliphatic carbocycles. The molecule has 14 heavy (non-hydrogen) atoms. The Hall–Kier alpha value is -1.21. The summed E-state index contributed by atoms with van der Waals surface area (Å²) in [5.41, 5.74) is 0.711. The number of hydrogen-bond donors (Lipinski definition) is 1. The summed E-state index contributed by atoms with van der Waals surface area (Å²) in [4.78, 5) is 7.91. The maximum absolute atomic E-state index is 10.3. The maximum Gasteiger partial charge on any atom is 0.130 e. The van der Waals surface area contributed by atoms with Gasteiger partial charge in [0.2, 0.25) is 0 Å². The van der Waals surface area contributed by atoms with Crippen molar-refractivity contribution in [2.45, 2.75) is 13.8 Å². The highest BCUT2D eigenvalue weighted by Gasteiger charge is 1.99. The van der Waals surface area contributed by atoms with Crippen molar-refractivity contribution in [3.63, 3.8) is 0 Å². The molecule has 0 spiro atoms. The van der Waals surface area contributed by atoms with Crippen molar-refractivity contribution in [3.8, 4) is 0 Å². The van der Waals surface area contributed by atoms with Gasteiger partial charge in [-0.2, -0.15) is 0 Å². The second-order valence-electron chi connectivity index (χ2n) is 2.82. The Balaban J connectivity index is 2.78. The zero-order valence-corrected chi connectivity index (χ0v) is 8.63. The van der Waals surface area contributed by atoms with Gasteiger partial charge in [-0.05, 0) is 13.8 Å². The molecule has 1 heterocycles. The van der Waals surface area contributed by atoms with Gasteiger partial charge in [0.15, 0.2) is 0 Å². The Morgan fingerprint density at radius 1 is 1.43 bits per heavy atom. The van der Waals surface area contributed by atoms with Gasteiger partial charge in [-0.25, -0.2) is 18.4 Å². The lowest BCUT2D eigenvalue weighted by Gasteiger charge is -2.09. The zero-order valence-electron chi connectivity index (χ0n) is 7.81. The van der Waals surface area contributed by atoms with Crippen LogP contribution in [0.4, 0.5) is 5.82 Å². The summed E-state index contributed by atoms with van der Waals surface area (Å²) in [6, 6.07) is 1.57. The summed E-state index contributed by atoms with van der Waals surface area (Å²) in [6.45, 7) is 3.44. The standard InChI is InChI=1S/C7H11N3O3S/c1-5-3-7(10-6(2)9-5)8-4-14(11,12)13/h3H,4H2,1-2H3,(H,8,9,10)(H,11,12,13)/p-1. The van der Waals surface area contributed by atoms with Gasteiger partial charge in [-0.1, -0.05) is 0 Å². The molecule has 0 atom stereocenters. The smallest absolute Gasteiger partial charge is 0.130 e. The monoisotopic (exact) mass is 216 g/mol. The Bertz CT molecular complexity index is 410. The number of aryl methyl sites for hydroxylation is 2. The van der Waals surface area contributed by atoms with E-state index in [9.17, 15) is 13.0 Å². The molecule has 0 radical (unpaired) electrons. The summed E-state index contributed by atoms with van der Waals surface area (Å²) in [5, 5.41) is 2.41. The van der Waals surface area contributed by atoms with Crippen LogP contribution in [0.2, 0.25) is 0 Å². The third-order valence-corrected chi connectivity index (χ3v) is 1.89. The van der Waals surface area contributed by atoms with E-state index in [1.54, 1.807) is 19.9 Å². The summed E-state index contributed by atoms with van der Waals surface area (Å²) in [5.74, 6) is 0.202. The van der Waals surface area contributed by atoms with Crippen LogP contribution in [0, 0.1) is 13.8 Å². The van der Waals surface area contributed by atoms with Crippen molar-refractivity contribution in [3.05, 3.63) is 17.6 Å². The molecule has 6 nitrogen and oxygen atoms in total. The summed E-state index contributed by atoms with van der Waals surface area (Å²) in [6.07, 6.45) is 0. The van der Waals surface area contributed by atoms with Crippen molar-refractivity contribution < 1.29 is 13.0 Å². The number of nitrogens with zero attached hydrogens (tertiary/aromatic N) is 2. The minimum atomic E-state index is -4.27. The third-order valence-electron chi connectivity index (χ3n) is 1.40. The van der Waals surface area contributed by atoms with Crippen molar-refractivity contribution in [1.29, 1.82) is 0 Å². The topological polar surface area (TPSA) is 95.0 Å². The molecule has 7 heteroatoms. The molecule has 1 rings (SSSR count). The fourth-order valence-electron chi connectivity index (χ4n) is 0.970. The Kier molecular flexibility index (Phi) is 3.02. The van der Waals surface area contributed by atoms with Gasteiger partial charge in [-0.3, -0.25) is 0 Å². The van der Waals surface area contributed by atoms with Gasteiger partial charge in [0.25, 0.3) is 0 Å². The van der Waals surface area contributed by atoms with E-state index in [-0.39, 0.29) is 0 Å². The zero-order chi connectivity index (χ0) is 10.8. The predicted octanol–water partition coefficient (Wildman–Crippen LogP) is 0.00804. The van der Waals surface area contributed by atoms with E-state index in [0.717, 1.165) is 0 Å². The molecule has 0 fully saturated rings. The van der Waals surface area contributed by atoms with Gasteiger partial charge in [0.1, 0.15) is 27.6 Å². The predicted molar refractivity (Wildman–Crippen MR) is 49.7 cm³/mol. The number of nitrogens with one attached hydrogen (secondary N) is 1. The van der Waals surface area contributed by atoms with Crippen molar-refractivity contribution in [2.24, 2.45) is 0 Å². The molecule has 0 unspecified atom stereocenters. The van der Waals surface area contributed by atoms with Gasteiger partial charge in [-0.15, -0.1) is 0 Å². The molecule has 78 valence electrons. The van der Waals surface area contributed by atoms with Crippen LogP contribution in [0.1, 0.15) is 11.5 Å². The van der Waals surface area contributed by atoms with Gasteiger partial charge >= 0.3 is 0 Å². The second-order valence-corrected chi connectivity index (χ2v) is 4.22. The quantitative estimate of drug-likeness (QED) is 0.715. The molecule has 0 aliphatic heterocycles. The molecule has 0 amide bonds. The number of aromatic nitrogens is 2. The van der Waals surface area contributed by atoms with Crippen molar-refractivity contribution >= 4 is 15.9 Å². The lowest BCUT2D eigenvalue weighted by molar-refractivity contribution is 0.465. The molecule has 1 aromatic heterocycles. The SMILES string of the molecule is Cc1cc(NCS(=O)(=O)[O-])nc(C)n1. The van der Waals surface area contributed by atoms with E-state index in [1.165, 1.54) is 0 Å². The van der Waals surface area contributed by atoms with Crippen LogP contribution in [-0.2, 0) is 10.1 Å². The molecular formula is C7H10N3O3S-. The summed E-state index contributed by atoms with van der Waals surface area (Å²) >= 11 is 0. The first-order valence-electron chi connectivity index (χ1n) is 3.86. The Labute approximate surface area is 82.1 Å². The van der Waals surface area contributed by atoms with Crippen LogP contribution in [0.25, 0.3) is 0 Å². The van der Waals surface area contributed by atoms with Gasteiger partial charge in [0.05, 0.1) is 0 Å². The minimum Gasteiger partial charge on any atom is -0.747 e. The largest absolute Gasteiger partial charge is 0.747 e. The lowest BCUT2D eigenvalue weighted by atomic mass is 10.4. The Morgan fingerprint density at radius 3 is 2.57 bits per heavy atom. The van der Waals surface area contributed by atoms with Crippen LogP contribution in [0.5, 0.6) is 0 Å². The first-order chi connectivity index (χ1) is 6.37. The van der Waals surface area contributed by atoms with Crippen molar-refractivity contribution in [1.82, 2.24) is 9.97 Å². The van der Waals surface area contributed by atoms with Crippen LogP contribution in [0.15, 0.2) is 6.07 Å². The molecule has 0 saturated carbocycles. The lowest BCUT2D eigenvalue weighted by Crippen LogP contribution is -2.14. The molecule has 0 aliphatic rings. The van der Waals surface area contributed by atoms with E-state index in [2.05, 4.69) is 15.3 Å². The molecule has 0 aromatic carbocycles. The first-order valence-corrected chi connectivity index (χ1v) is 5.44. The van der Waals surface area contributed by atoms with E-state index in [1.807, 2.05) is 0 Å². The highest BCUT2D eigenvalue weighted by Crippen LogP contribution is 2.05. The number of rotatable bonds is 3. The fraction of sp³-hybridized carbons (Fsp3) is 0.429. The van der Waals surface area contributed by atoms with Crippen LogP contribution in [-0.4, -0.2) is 28.8 Å². The van der Waals surface area contributed by atoms with Gasteiger partial charge < -0.3 is 9.87 Å². The average molecular weight is 216 g/mol. The van der Waals surface area contributed by atoms with E-state index in [0.29, 0.717) is 17.3 Å². The molecule has 1 N–H and O–H groups in total. The number of anilines is 1. The molecule has 0 bridgehead atoms. The molecular weight excluding hydrogens is 206 g/mol. The Morgan fingerprint density at radius 2 is 2.07 bits per heavy atom. The van der Waals surface area contributed by atoms with Crippen LogP contribution >= 0.6 is 0 Å². The van der Waals surface area contributed by atoms with Gasteiger partial charge in [0, 0.05) is 11.8 Å². The fourth-order valence-corrected chi connectivity index (χ4v) is 1.29. The van der Waals surface area contributed by atoms with Crippen LogP contribution < -0.4 is 5.32 Å². The normalized spacial score (nSPS) is 11.4. The van der Waals surface area contributed by atoms with E-state index < -0.39 is 16.0 Å². The molecule has 1 aromatic rings. The third kappa shape index (κ3) is 3.67. The summed E-state index contributed by atoms with van der Waals surface area (Å²) < 4.78 is 30.9. The number of hydrogen-bond acceptors (Lipinski definition) is 6. The highest BCUT2D eigenvalue weighted by atomic mass is 32.2. The molecule has 0 saturated heterocycles.